The number of likely N-dealkylation sites (N-methyl/N-ethyl adjacent to an activating group) is 1. The van der Waals surface area contributed by atoms with Crippen molar-refractivity contribution in [2.75, 3.05) is 11.9 Å². The fourth-order valence-electron chi connectivity index (χ4n) is 5.35. The van der Waals surface area contributed by atoms with Gasteiger partial charge in [-0.2, -0.15) is 0 Å². The Morgan fingerprint density at radius 1 is 0.864 bits per heavy atom. The Hall–Kier alpha value is -4.85. The molecule has 4 aromatic carbocycles. The van der Waals surface area contributed by atoms with Gasteiger partial charge in [0, 0.05) is 18.7 Å². The Labute approximate surface area is 259 Å². The zero-order chi connectivity index (χ0) is 32.0. The molecule has 0 fully saturated rings. The predicted molar refractivity (Wildman–Crippen MR) is 174 cm³/mol. The van der Waals surface area contributed by atoms with Crippen LogP contribution in [0.3, 0.4) is 0 Å². The molecule has 3 N–H and O–H groups in total. The predicted octanol–water partition coefficient (Wildman–Crippen LogP) is 6.83. The standard InChI is InChI=1S/C36H41N3O5/c1-7-39(34(42)30(38-35(43)44-36(4,5)6)21-25-15-19-29(40)20-16-25)32(31-23(2)11-10-12-24(31)3)33(41)37-28-18-17-26-13-8-9-14-27(26)22-28/h8-20,22,30,32,40H,7,21H2,1-6H3,(H,37,41)(H,38,43). The molecule has 0 spiro atoms. The van der Waals surface area contributed by atoms with E-state index in [1.807, 2.05) is 81.4 Å². The van der Waals surface area contributed by atoms with E-state index in [2.05, 4.69) is 10.6 Å². The zero-order valence-corrected chi connectivity index (χ0v) is 26.2. The summed E-state index contributed by atoms with van der Waals surface area (Å²) in [5, 5.41) is 17.6. The van der Waals surface area contributed by atoms with Crippen LogP contribution in [0.5, 0.6) is 5.75 Å². The van der Waals surface area contributed by atoms with E-state index in [0.717, 1.165) is 33.0 Å². The summed E-state index contributed by atoms with van der Waals surface area (Å²) in [5.74, 6) is -0.714. The van der Waals surface area contributed by atoms with Gasteiger partial charge in [0.1, 0.15) is 23.4 Å². The number of alkyl carbamates (subject to hydrolysis) is 1. The number of carbonyl (C=O) groups is 3. The average Bonchev–Trinajstić information content (AvgIpc) is 2.96. The van der Waals surface area contributed by atoms with Gasteiger partial charge in [0.25, 0.3) is 5.91 Å². The molecule has 8 heteroatoms. The lowest BCUT2D eigenvalue weighted by Gasteiger charge is -2.35. The number of nitrogens with one attached hydrogen (secondary N) is 2. The number of nitrogens with zero attached hydrogens (tertiary/aromatic N) is 1. The maximum Gasteiger partial charge on any atom is 0.408 e. The SMILES string of the molecule is CCN(C(=O)C(Cc1ccc(O)cc1)NC(=O)OC(C)(C)C)C(C(=O)Nc1ccc2ccccc2c1)c1c(C)cccc1C. The summed E-state index contributed by atoms with van der Waals surface area (Å²) >= 11 is 0. The maximum absolute atomic E-state index is 14.4. The number of anilines is 1. The fourth-order valence-corrected chi connectivity index (χ4v) is 5.35. The smallest absolute Gasteiger partial charge is 0.408 e. The van der Waals surface area contributed by atoms with Gasteiger partial charge in [0.2, 0.25) is 5.91 Å². The molecule has 230 valence electrons. The molecule has 4 rings (SSSR count). The van der Waals surface area contributed by atoms with Gasteiger partial charge in [-0.15, -0.1) is 0 Å². The number of carbonyl (C=O) groups excluding carboxylic acids is 3. The molecule has 0 saturated carbocycles. The number of amides is 3. The number of hydrogen-bond acceptors (Lipinski definition) is 5. The van der Waals surface area contributed by atoms with Crippen LogP contribution in [0.25, 0.3) is 10.8 Å². The summed E-state index contributed by atoms with van der Waals surface area (Å²) in [6.45, 7) is 11.1. The van der Waals surface area contributed by atoms with E-state index in [9.17, 15) is 19.5 Å². The zero-order valence-electron chi connectivity index (χ0n) is 26.2. The first-order valence-corrected chi connectivity index (χ1v) is 14.8. The van der Waals surface area contributed by atoms with E-state index in [1.54, 1.807) is 32.9 Å². The molecular formula is C36H41N3O5. The Kier molecular flexibility index (Phi) is 9.94. The van der Waals surface area contributed by atoms with Crippen LogP contribution in [0.4, 0.5) is 10.5 Å². The quantitative estimate of drug-likeness (QED) is 0.197. The van der Waals surface area contributed by atoms with Crippen LogP contribution in [0.2, 0.25) is 0 Å². The largest absolute Gasteiger partial charge is 0.508 e. The van der Waals surface area contributed by atoms with Crippen molar-refractivity contribution in [1.29, 1.82) is 0 Å². The highest BCUT2D eigenvalue weighted by molar-refractivity contribution is 6.00. The Bertz CT molecular complexity index is 1620. The first-order valence-electron chi connectivity index (χ1n) is 14.8. The number of phenols is 1. The monoisotopic (exact) mass is 595 g/mol. The number of rotatable bonds is 9. The molecule has 8 nitrogen and oxygen atoms in total. The van der Waals surface area contributed by atoms with Crippen LogP contribution in [-0.2, 0) is 20.7 Å². The van der Waals surface area contributed by atoms with E-state index in [0.29, 0.717) is 5.69 Å². The Morgan fingerprint density at radius 3 is 2.11 bits per heavy atom. The highest BCUT2D eigenvalue weighted by Crippen LogP contribution is 2.30. The molecule has 44 heavy (non-hydrogen) atoms. The highest BCUT2D eigenvalue weighted by Gasteiger charge is 2.37. The second kappa shape index (κ2) is 13.6. The van der Waals surface area contributed by atoms with Gasteiger partial charge in [-0.1, -0.05) is 60.7 Å². The van der Waals surface area contributed by atoms with Crippen molar-refractivity contribution in [3.8, 4) is 5.75 Å². The third kappa shape index (κ3) is 7.95. The second-order valence-corrected chi connectivity index (χ2v) is 12.0. The summed E-state index contributed by atoms with van der Waals surface area (Å²) in [7, 11) is 0. The molecule has 0 aromatic heterocycles. The number of phenolic OH excluding ortho intramolecular Hbond substituents is 1. The average molecular weight is 596 g/mol. The first-order chi connectivity index (χ1) is 20.9. The van der Waals surface area contributed by atoms with E-state index in [1.165, 1.54) is 17.0 Å². The minimum atomic E-state index is -1.05. The summed E-state index contributed by atoms with van der Waals surface area (Å²) in [5.41, 5.74) is 3.01. The first kappa shape index (κ1) is 32.1. The summed E-state index contributed by atoms with van der Waals surface area (Å²) in [4.78, 5) is 43.1. The molecule has 0 saturated heterocycles. The van der Waals surface area contributed by atoms with Crippen molar-refractivity contribution in [2.24, 2.45) is 0 Å². The Morgan fingerprint density at radius 2 is 1.50 bits per heavy atom. The van der Waals surface area contributed by atoms with Crippen LogP contribution in [0.1, 0.15) is 56.0 Å². The van der Waals surface area contributed by atoms with Crippen molar-refractivity contribution in [1.82, 2.24) is 10.2 Å². The van der Waals surface area contributed by atoms with E-state index in [-0.39, 0.29) is 24.6 Å². The maximum atomic E-state index is 14.4. The van der Waals surface area contributed by atoms with Crippen molar-refractivity contribution >= 4 is 34.4 Å². The molecule has 3 amide bonds. The van der Waals surface area contributed by atoms with Crippen LogP contribution in [0.15, 0.2) is 84.9 Å². The summed E-state index contributed by atoms with van der Waals surface area (Å²) < 4.78 is 5.49. The minimum Gasteiger partial charge on any atom is -0.508 e. The summed E-state index contributed by atoms with van der Waals surface area (Å²) in [6, 6.07) is 23.7. The van der Waals surface area contributed by atoms with Gasteiger partial charge in [-0.25, -0.2) is 4.79 Å². The molecule has 0 aliphatic carbocycles. The molecular weight excluding hydrogens is 554 g/mol. The molecule has 0 bridgehead atoms. The number of aryl methyl sites for hydroxylation is 2. The molecule has 4 aromatic rings. The highest BCUT2D eigenvalue weighted by atomic mass is 16.6. The normalized spacial score (nSPS) is 12.7. The number of hydrogen-bond donors (Lipinski definition) is 3. The number of fused-ring (bicyclic) bond motifs is 1. The van der Waals surface area contributed by atoms with Crippen LogP contribution in [-0.4, -0.2) is 46.1 Å². The third-order valence-corrected chi connectivity index (χ3v) is 7.38. The fraction of sp³-hybridized carbons (Fsp3) is 0.306. The van der Waals surface area contributed by atoms with Crippen molar-refractivity contribution in [3.05, 3.63) is 107 Å². The molecule has 0 aliphatic heterocycles. The van der Waals surface area contributed by atoms with E-state index < -0.39 is 29.7 Å². The number of benzene rings is 4. The molecule has 0 radical (unpaired) electrons. The lowest BCUT2D eigenvalue weighted by atomic mass is 9.93. The van der Waals surface area contributed by atoms with Gasteiger partial charge in [0.15, 0.2) is 0 Å². The molecule has 2 unspecified atom stereocenters. The van der Waals surface area contributed by atoms with Gasteiger partial charge in [-0.3, -0.25) is 9.59 Å². The van der Waals surface area contributed by atoms with Gasteiger partial charge in [0.05, 0.1) is 0 Å². The number of aromatic hydroxyl groups is 1. The second-order valence-electron chi connectivity index (χ2n) is 12.0. The third-order valence-electron chi connectivity index (χ3n) is 7.38. The van der Waals surface area contributed by atoms with Crippen LogP contribution >= 0.6 is 0 Å². The van der Waals surface area contributed by atoms with Gasteiger partial charge >= 0.3 is 6.09 Å². The van der Waals surface area contributed by atoms with E-state index in [4.69, 9.17) is 4.74 Å². The van der Waals surface area contributed by atoms with Crippen molar-refractivity contribution in [3.63, 3.8) is 0 Å². The van der Waals surface area contributed by atoms with Crippen LogP contribution < -0.4 is 10.6 Å². The topological polar surface area (TPSA) is 108 Å². The minimum absolute atomic E-state index is 0.0902. The molecule has 2 atom stereocenters. The van der Waals surface area contributed by atoms with Crippen LogP contribution in [0, 0.1) is 13.8 Å². The summed E-state index contributed by atoms with van der Waals surface area (Å²) in [6.07, 6.45) is -0.615. The van der Waals surface area contributed by atoms with Gasteiger partial charge < -0.3 is 25.4 Å². The van der Waals surface area contributed by atoms with Gasteiger partial charge in [-0.05, 0) is 98.8 Å². The number of ether oxygens (including phenoxy) is 1. The van der Waals surface area contributed by atoms with E-state index >= 15 is 0 Å². The van der Waals surface area contributed by atoms with Crippen molar-refractivity contribution < 1.29 is 24.2 Å². The van der Waals surface area contributed by atoms with Crippen molar-refractivity contribution in [2.45, 2.75) is 65.6 Å². The Balaban J connectivity index is 1.74. The lowest BCUT2D eigenvalue weighted by molar-refractivity contribution is -0.140. The lowest BCUT2D eigenvalue weighted by Crippen LogP contribution is -2.53. The molecule has 0 heterocycles. The molecule has 0 aliphatic rings.